The van der Waals surface area contributed by atoms with Gasteiger partial charge in [0.1, 0.15) is 17.6 Å². The molecule has 2 fully saturated rings. The molecule has 1 aliphatic heterocycles. The lowest BCUT2D eigenvalue weighted by Gasteiger charge is -2.32. The highest BCUT2D eigenvalue weighted by molar-refractivity contribution is 5.96. The van der Waals surface area contributed by atoms with Gasteiger partial charge in [-0.25, -0.2) is 0 Å². The summed E-state index contributed by atoms with van der Waals surface area (Å²) in [7, 11) is 0. The van der Waals surface area contributed by atoms with Crippen LogP contribution in [-0.4, -0.2) is 34.3 Å². The molecule has 0 spiro atoms. The molecule has 1 aromatic heterocycles. The number of carbonyl (C=O) groups is 2. The fraction of sp³-hybridized carbons (Fsp3) is 0.600. The molecule has 2 unspecified atom stereocenters. The molecule has 108 valence electrons. The number of aliphatic hydroxyl groups excluding tert-OH is 1. The van der Waals surface area contributed by atoms with E-state index in [-0.39, 0.29) is 23.7 Å². The summed E-state index contributed by atoms with van der Waals surface area (Å²) >= 11 is 0. The number of likely N-dealkylation sites (tertiary alicyclic amines) is 1. The number of aliphatic hydroxyl groups is 1. The summed E-state index contributed by atoms with van der Waals surface area (Å²) in [6.45, 7) is 0.735. The molecule has 3 rings (SSSR count). The molecule has 0 radical (unpaired) electrons. The van der Waals surface area contributed by atoms with E-state index in [2.05, 4.69) is 0 Å². The topological polar surface area (TPSA) is 70.8 Å². The van der Waals surface area contributed by atoms with Crippen LogP contribution in [0.1, 0.15) is 44.0 Å². The van der Waals surface area contributed by atoms with Gasteiger partial charge in [-0.15, -0.1) is 0 Å². The minimum atomic E-state index is -0.675. The molecule has 1 saturated carbocycles. The average Bonchev–Trinajstić information content (AvgIpc) is 3.04. The highest BCUT2D eigenvalue weighted by Gasteiger charge is 2.39. The van der Waals surface area contributed by atoms with Gasteiger partial charge in [0, 0.05) is 31.8 Å². The van der Waals surface area contributed by atoms with Crippen molar-refractivity contribution in [3.8, 4) is 0 Å². The van der Waals surface area contributed by atoms with Crippen molar-refractivity contribution < 1.29 is 19.1 Å². The van der Waals surface area contributed by atoms with Gasteiger partial charge in [0.05, 0.1) is 12.2 Å². The van der Waals surface area contributed by atoms with Crippen molar-refractivity contribution >= 4 is 11.7 Å². The number of carbonyl (C=O) groups excluding carboxylic acids is 2. The Kier molecular flexibility index (Phi) is 3.61. The molecule has 1 N–H and O–H groups in total. The van der Waals surface area contributed by atoms with Crippen molar-refractivity contribution in [3.63, 3.8) is 0 Å². The number of ketones is 1. The molecule has 1 aromatic rings. The lowest BCUT2D eigenvalue weighted by Crippen LogP contribution is -2.44. The number of hydrogen-bond donors (Lipinski definition) is 1. The van der Waals surface area contributed by atoms with Crippen LogP contribution >= 0.6 is 0 Å². The van der Waals surface area contributed by atoms with Crippen LogP contribution in [0.3, 0.4) is 0 Å². The lowest BCUT2D eigenvalue weighted by molar-refractivity contribution is -0.146. The van der Waals surface area contributed by atoms with Gasteiger partial charge in [-0.05, 0) is 25.0 Å². The number of hydrogen-bond acceptors (Lipinski definition) is 4. The SMILES string of the molecule is O=C1CC(C(=O)N2CCCC2CC(O)c2ccco2)C1. The molecule has 5 nitrogen and oxygen atoms in total. The third-order valence-electron chi connectivity index (χ3n) is 4.32. The maximum atomic E-state index is 12.3. The Morgan fingerprint density at radius 3 is 2.95 bits per heavy atom. The first-order valence-corrected chi connectivity index (χ1v) is 7.19. The Morgan fingerprint density at radius 1 is 1.50 bits per heavy atom. The van der Waals surface area contributed by atoms with Crippen molar-refractivity contribution in [1.82, 2.24) is 4.90 Å². The van der Waals surface area contributed by atoms with Gasteiger partial charge in [-0.1, -0.05) is 0 Å². The molecule has 2 heterocycles. The van der Waals surface area contributed by atoms with E-state index >= 15 is 0 Å². The zero-order valence-corrected chi connectivity index (χ0v) is 11.3. The van der Waals surface area contributed by atoms with Crippen LogP contribution in [0.15, 0.2) is 22.8 Å². The smallest absolute Gasteiger partial charge is 0.226 e. The van der Waals surface area contributed by atoms with E-state index < -0.39 is 6.10 Å². The summed E-state index contributed by atoms with van der Waals surface area (Å²) in [5.74, 6) is 0.681. The average molecular weight is 277 g/mol. The standard InChI is InChI=1S/C15H19NO4/c17-12-7-10(8-12)15(19)16-5-1-3-11(16)9-13(18)14-4-2-6-20-14/h2,4,6,10-11,13,18H,1,3,5,7-9H2. The lowest BCUT2D eigenvalue weighted by atomic mass is 9.82. The van der Waals surface area contributed by atoms with Crippen molar-refractivity contribution in [2.75, 3.05) is 6.54 Å². The van der Waals surface area contributed by atoms with E-state index in [1.807, 2.05) is 4.90 Å². The Bertz CT molecular complexity index is 488. The molecule has 0 bridgehead atoms. The zero-order chi connectivity index (χ0) is 14.1. The largest absolute Gasteiger partial charge is 0.467 e. The van der Waals surface area contributed by atoms with Crippen LogP contribution < -0.4 is 0 Å². The highest BCUT2D eigenvalue weighted by Crippen LogP contribution is 2.32. The summed E-state index contributed by atoms with van der Waals surface area (Å²) in [6.07, 6.45) is 4.01. The van der Waals surface area contributed by atoms with E-state index in [0.29, 0.717) is 25.0 Å². The first-order chi connectivity index (χ1) is 9.65. The third kappa shape index (κ3) is 2.50. The van der Waals surface area contributed by atoms with Crippen molar-refractivity contribution in [3.05, 3.63) is 24.2 Å². The van der Waals surface area contributed by atoms with Crippen LogP contribution in [-0.2, 0) is 9.59 Å². The Labute approximate surface area is 117 Å². The summed E-state index contributed by atoms with van der Waals surface area (Å²) in [4.78, 5) is 25.2. The monoisotopic (exact) mass is 277 g/mol. The van der Waals surface area contributed by atoms with Gasteiger partial charge < -0.3 is 14.4 Å². The predicted molar refractivity (Wildman–Crippen MR) is 70.8 cm³/mol. The van der Waals surface area contributed by atoms with Gasteiger partial charge in [0.15, 0.2) is 0 Å². The second-order valence-electron chi connectivity index (χ2n) is 5.74. The normalized spacial score (nSPS) is 24.8. The second-order valence-corrected chi connectivity index (χ2v) is 5.74. The maximum absolute atomic E-state index is 12.3. The minimum Gasteiger partial charge on any atom is -0.467 e. The predicted octanol–water partition coefficient (Wildman–Crippen LogP) is 1.67. The van der Waals surface area contributed by atoms with Gasteiger partial charge in [-0.3, -0.25) is 9.59 Å². The molecular weight excluding hydrogens is 258 g/mol. The molecule has 0 aromatic carbocycles. The third-order valence-corrected chi connectivity index (χ3v) is 4.32. The number of rotatable bonds is 4. The second kappa shape index (κ2) is 5.40. The van der Waals surface area contributed by atoms with Crippen LogP contribution in [0.4, 0.5) is 0 Å². The summed E-state index contributed by atoms with van der Waals surface area (Å²) in [5.41, 5.74) is 0. The molecule has 1 saturated heterocycles. The van der Waals surface area contributed by atoms with Crippen LogP contribution in [0, 0.1) is 5.92 Å². The molecule has 20 heavy (non-hydrogen) atoms. The summed E-state index contributed by atoms with van der Waals surface area (Å²) in [6, 6.07) is 3.55. The first kappa shape index (κ1) is 13.4. The van der Waals surface area contributed by atoms with Gasteiger partial charge >= 0.3 is 0 Å². The molecule has 2 aliphatic rings. The molecular formula is C15H19NO4. The van der Waals surface area contributed by atoms with E-state index in [4.69, 9.17) is 4.42 Å². The van der Waals surface area contributed by atoms with Gasteiger partial charge in [-0.2, -0.15) is 0 Å². The van der Waals surface area contributed by atoms with Gasteiger partial charge in [0.25, 0.3) is 0 Å². The van der Waals surface area contributed by atoms with Crippen LogP contribution in [0.2, 0.25) is 0 Å². The zero-order valence-electron chi connectivity index (χ0n) is 11.3. The molecule has 1 amide bonds. The fourth-order valence-electron chi connectivity index (χ4n) is 3.12. The van der Waals surface area contributed by atoms with E-state index in [9.17, 15) is 14.7 Å². The molecule has 5 heteroatoms. The van der Waals surface area contributed by atoms with Gasteiger partial charge in [0.2, 0.25) is 5.91 Å². The quantitative estimate of drug-likeness (QED) is 0.909. The first-order valence-electron chi connectivity index (χ1n) is 7.19. The van der Waals surface area contributed by atoms with Crippen molar-refractivity contribution in [1.29, 1.82) is 0 Å². The Morgan fingerprint density at radius 2 is 2.30 bits per heavy atom. The highest BCUT2D eigenvalue weighted by atomic mass is 16.4. The maximum Gasteiger partial charge on any atom is 0.226 e. The van der Waals surface area contributed by atoms with E-state index in [1.54, 1.807) is 12.1 Å². The Balaban J connectivity index is 1.60. The van der Waals surface area contributed by atoms with Crippen molar-refractivity contribution in [2.24, 2.45) is 5.92 Å². The fourth-order valence-corrected chi connectivity index (χ4v) is 3.12. The molecule has 1 aliphatic carbocycles. The molecule has 2 atom stereocenters. The number of amides is 1. The van der Waals surface area contributed by atoms with E-state index in [0.717, 1.165) is 19.4 Å². The minimum absolute atomic E-state index is 0.0540. The number of nitrogens with zero attached hydrogens (tertiary/aromatic N) is 1. The van der Waals surface area contributed by atoms with Crippen molar-refractivity contribution in [2.45, 2.75) is 44.2 Å². The van der Waals surface area contributed by atoms with Crippen LogP contribution in [0.25, 0.3) is 0 Å². The summed E-state index contributed by atoms with van der Waals surface area (Å²) in [5, 5.41) is 10.1. The number of Topliss-reactive ketones (excluding diaryl/α,β-unsaturated/α-hetero) is 1. The van der Waals surface area contributed by atoms with Crippen LogP contribution in [0.5, 0.6) is 0 Å². The summed E-state index contributed by atoms with van der Waals surface area (Å²) < 4.78 is 5.20. The van der Waals surface area contributed by atoms with E-state index in [1.165, 1.54) is 6.26 Å². The number of furan rings is 1. The Hall–Kier alpha value is -1.62.